The molecule has 1 saturated heterocycles. The van der Waals surface area contributed by atoms with E-state index in [0.717, 1.165) is 0 Å². The van der Waals surface area contributed by atoms with Gasteiger partial charge in [-0.3, -0.25) is 4.90 Å². The average molecular weight is 129 g/mol. The van der Waals surface area contributed by atoms with Crippen LogP contribution in [-0.4, -0.2) is 30.8 Å². The Kier molecular flexibility index (Phi) is 2.09. The van der Waals surface area contributed by atoms with Crippen LogP contribution in [0, 0.1) is 0 Å². The molecule has 54 valence electrons. The van der Waals surface area contributed by atoms with Crippen LogP contribution in [0.15, 0.2) is 0 Å². The van der Waals surface area contributed by atoms with E-state index < -0.39 is 0 Å². The molecule has 1 atom stereocenters. The summed E-state index contributed by atoms with van der Waals surface area (Å²) in [7, 11) is 1.78. The molecule has 1 rings (SSSR count). The highest BCUT2D eigenvalue weighted by molar-refractivity contribution is 4.77. The fourth-order valence-corrected chi connectivity index (χ4v) is 1.23. The van der Waals surface area contributed by atoms with Crippen LogP contribution in [0.4, 0.5) is 0 Å². The van der Waals surface area contributed by atoms with Crippen LogP contribution in [0.2, 0.25) is 0 Å². The van der Waals surface area contributed by atoms with E-state index in [1.807, 2.05) is 0 Å². The summed E-state index contributed by atoms with van der Waals surface area (Å²) in [6, 6.07) is 0.642. The molecule has 0 spiro atoms. The highest BCUT2D eigenvalue weighted by Gasteiger charge is 2.29. The van der Waals surface area contributed by atoms with Gasteiger partial charge in [-0.1, -0.05) is 0 Å². The van der Waals surface area contributed by atoms with E-state index in [2.05, 4.69) is 18.7 Å². The van der Waals surface area contributed by atoms with Crippen molar-refractivity contribution in [3.63, 3.8) is 0 Å². The number of likely N-dealkylation sites (tertiary alicyclic amines) is 1. The first kappa shape index (κ1) is 7.03. The standard InChI is InChI=1S/C7H15NO/c1-6(2)8-5-4-7(8)9-3/h6-7H,4-5H2,1-3H3. The second-order valence-corrected chi connectivity index (χ2v) is 2.81. The molecule has 0 aliphatic carbocycles. The second-order valence-electron chi connectivity index (χ2n) is 2.81. The van der Waals surface area contributed by atoms with E-state index in [-0.39, 0.29) is 0 Å². The van der Waals surface area contributed by atoms with Gasteiger partial charge in [-0.15, -0.1) is 0 Å². The zero-order valence-corrected chi connectivity index (χ0v) is 6.42. The van der Waals surface area contributed by atoms with Crippen LogP contribution in [0.1, 0.15) is 20.3 Å². The second kappa shape index (κ2) is 2.67. The van der Waals surface area contributed by atoms with Crippen LogP contribution in [-0.2, 0) is 4.74 Å². The Morgan fingerprint density at radius 1 is 1.56 bits per heavy atom. The lowest BCUT2D eigenvalue weighted by atomic mass is 10.1. The Bertz CT molecular complexity index is 90.9. The summed E-state index contributed by atoms with van der Waals surface area (Å²) in [6.45, 7) is 5.60. The minimum Gasteiger partial charge on any atom is -0.366 e. The maximum absolute atomic E-state index is 5.19. The van der Waals surface area contributed by atoms with Gasteiger partial charge in [0.05, 0.1) is 0 Å². The Labute approximate surface area is 56.8 Å². The van der Waals surface area contributed by atoms with E-state index >= 15 is 0 Å². The van der Waals surface area contributed by atoms with Crippen molar-refractivity contribution in [1.29, 1.82) is 0 Å². The quantitative estimate of drug-likeness (QED) is 0.553. The SMILES string of the molecule is COC1CCN1C(C)C. The van der Waals surface area contributed by atoms with Crippen molar-refractivity contribution in [2.45, 2.75) is 32.5 Å². The van der Waals surface area contributed by atoms with Gasteiger partial charge >= 0.3 is 0 Å². The highest BCUT2D eigenvalue weighted by atomic mass is 16.5. The largest absolute Gasteiger partial charge is 0.366 e. The first-order valence-electron chi connectivity index (χ1n) is 3.54. The summed E-state index contributed by atoms with van der Waals surface area (Å²) in [6.07, 6.45) is 1.61. The molecule has 1 fully saturated rings. The number of ether oxygens (including phenoxy) is 1. The molecule has 0 aromatic rings. The molecule has 0 saturated carbocycles. The van der Waals surface area contributed by atoms with Crippen LogP contribution >= 0.6 is 0 Å². The molecule has 0 aromatic carbocycles. The number of rotatable bonds is 2. The first-order chi connectivity index (χ1) is 4.25. The molecule has 1 heterocycles. The zero-order chi connectivity index (χ0) is 6.85. The van der Waals surface area contributed by atoms with Crippen LogP contribution in [0.5, 0.6) is 0 Å². The van der Waals surface area contributed by atoms with Gasteiger partial charge in [0.2, 0.25) is 0 Å². The van der Waals surface area contributed by atoms with Gasteiger partial charge in [0.1, 0.15) is 6.23 Å². The summed E-state index contributed by atoms with van der Waals surface area (Å²) < 4.78 is 5.19. The van der Waals surface area contributed by atoms with Gasteiger partial charge in [-0.2, -0.15) is 0 Å². The summed E-state index contributed by atoms with van der Waals surface area (Å²) in [4.78, 5) is 2.35. The predicted molar refractivity (Wildman–Crippen MR) is 37.3 cm³/mol. The molecule has 1 unspecified atom stereocenters. The zero-order valence-electron chi connectivity index (χ0n) is 6.42. The van der Waals surface area contributed by atoms with Gasteiger partial charge in [0, 0.05) is 19.7 Å². The monoisotopic (exact) mass is 129 g/mol. The maximum Gasteiger partial charge on any atom is 0.111 e. The lowest BCUT2D eigenvalue weighted by Crippen LogP contribution is -2.52. The molecule has 1 aliphatic heterocycles. The van der Waals surface area contributed by atoms with Gasteiger partial charge in [0.15, 0.2) is 0 Å². The number of hydrogen-bond acceptors (Lipinski definition) is 2. The van der Waals surface area contributed by atoms with Crippen molar-refractivity contribution in [2.24, 2.45) is 0 Å². The Morgan fingerprint density at radius 2 is 2.22 bits per heavy atom. The first-order valence-corrected chi connectivity index (χ1v) is 3.54. The lowest BCUT2D eigenvalue weighted by Gasteiger charge is -2.42. The van der Waals surface area contributed by atoms with Crippen molar-refractivity contribution in [3.05, 3.63) is 0 Å². The topological polar surface area (TPSA) is 12.5 Å². The van der Waals surface area contributed by atoms with Gasteiger partial charge in [-0.05, 0) is 20.3 Å². The van der Waals surface area contributed by atoms with Crippen LogP contribution in [0.3, 0.4) is 0 Å². The molecule has 9 heavy (non-hydrogen) atoms. The molecule has 0 radical (unpaired) electrons. The van der Waals surface area contributed by atoms with E-state index in [1.165, 1.54) is 13.0 Å². The van der Waals surface area contributed by atoms with Gasteiger partial charge in [0.25, 0.3) is 0 Å². The van der Waals surface area contributed by atoms with Crippen molar-refractivity contribution < 1.29 is 4.74 Å². The summed E-state index contributed by atoms with van der Waals surface area (Å²) >= 11 is 0. The smallest absolute Gasteiger partial charge is 0.111 e. The minimum atomic E-state index is 0.407. The molecule has 0 amide bonds. The Morgan fingerprint density at radius 3 is 2.33 bits per heavy atom. The molecule has 2 nitrogen and oxygen atoms in total. The van der Waals surface area contributed by atoms with Crippen molar-refractivity contribution in [1.82, 2.24) is 4.90 Å². The predicted octanol–water partition coefficient (Wildman–Crippen LogP) is 1.07. The minimum absolute atomic E-state index is 0.407. The fraction of sp³-hybridized carbons (Fsp3) is 1.00. The molecule has 0 bridgehead atoms. The maximum atomic E-state index is 5.19. The van der Waals surface area contributed by atoms with E-state index in [0.29, 0.717) is 12.3 Å². The van der Waals surface area contributed by atoms with Crippen LogP contribution < -0.4 is 0 Å². The van der Waals surface area contributed by atoms with Gasteiger partial charge < -0.3 is 4.74 Å². The van der Waals surface area contributed by atoms with E-state index in [4.69, 9.17) is 4.74 Å². The third kappa shape index (κ3) is 1.25. The van der Waals surface area contributed by atoms with E-state index in [1.54, 1.807) is 7.11 Å². The van der Waals surface area contributed by atoms with E-state index in [9.17, 15) is 0 Å². The normalized spacial score (nSPS) is 28.7. The molecular formula is C7H15NO. The number of nitrogens with zero attached hydrogens (tertiary/aromatic N) is 1. The lowest BCUT2D eigenvalue weighted by molar-refractivity contribution is -0.116. The van der Waals surface area contributed by atoms with Crippen molar-refractivity contribution in [2.75, 3.05) is 13.7 Å². The number of methoxy groups -OCH3 is 1. The molecule has 0 aromatic heterocycles. The summed E-state index contributed by atoms with van der Waals surface area (Å²) in [5.74, 6) is 0. The van der Waals surface area contributed by atoms with Gasteiger partial charge in [-0.25, -0.2) is 0 Å². The fourth-order valence-electron chi connectivity index (χ4n) is 1.23. The average Bonchev–Trinajstić information content (AvgIpc) is 1.61. The summed E-state index contributed by atoms with van der Waals surface area (Å²) in [5.41, 5.74) is 0. The number of hydrogen-bond donors (Lipinski definition) is 0. The summed E-state index contributed by atoms with van der Waals surface area (Å²) in [5, 5.41) is 0. The third-order valence-corrected chi connectivity index (χ3v) is 1.94. The van der Waals surface area contributed by atoms with Crippen molar-refractivity contribution >= 4 is 0 Å². The van der Waals surface area contributed by atoms with Crippen LogP contribution in [0.25, 0.3) is 0 Å². The Balaban J connectivity index is 2.27. The molecular weight excluding hydrogens is 114 g/mol. The Hall–Kier alpha value is -0.0800. The van der Waals surface area contributed by atoms with Crippen molar-refractivity contribution in [3.8, 4) is 0 Å². The third-order valence-electron chi connectivity index (χ3n) is 1.94. The molecule has 0 N–H and O–H groups in total. The molecule has 2 heteroatoms. The molecule has 1 aliphatic rings. The highest BCUT2D eigenvalue weighted by Crippen LogP contribution is 2.19.